The van der Waals surface area contributed by atoms with Gasteiger partial charge in [-0.1, -0.05) is 0 Å². The summed E-state index contributed by atoms with van der Waals surface area (Å²) >= 11 is 0. The third-order valence-corrected chi connectivity index (χ3v) is 3.75. The average Bonchev–Trinajstić information content (AvgIpc) is 2.82. The molecule has 0 unspecified atom stereocenters. The van der Waals surface area contributed by atoms with Crippen LogP contribution in [-0.4, -0.2) is 44.3 Å². The Hall–Kier alpha value is -2.62. The van der Waals surface area contributed by atoms with E-state index in [9.17, 15) is 27.9 Å². The Labute approximate surface area is 153 Å². The predicted molar refractivity (Wildman–Crippen MR) is 93.2 cm³/mol. The van der Waals surface area contributed by atoms with Gasteiger partial charge in [-0.2, -0.15) is 13.2 Å². The van der Waals surface area contributed by atoms with Gasteiger partial charge >= 0.3 is 12.1 Å². The molecule has 0 aliphatic carbocycles. The van der Waals surface area contributed by atoms with Crippen LogP contribution < -0.4 is 10.6 Å². The first-order valence-electron chi connectivity index (χ1n) is 8.15. The second-order valence-corrected chi connectivity index (χ2v) is 7.14. The predicted octanol–water partition coefficient (Wildman–Crippen LogP) is 2.21. The highest BCUT2D eigenvalue weighted by molar-refractivity contribution is 6.00. The zero-order valence-corrected chi connectivity index (χ0v) is 15.3. The molecule has 0 atom stereocenters. The first-order valence-corrected chi connectivity index (χ1v) is 8.15. The number of fused-ring (bicyclic) bond motifs is 1. The fourth-order valence-corrected chi connectivity index (χ4v) is 2.79. The molecule has 2 aromatic rings. The summed E-state index contributed by atoms with van der Waals surface area (Å²) in [6.45, 7) is 5.96. The highest BCUT2D eigenvalue weighted by atomic mass is 19.4. The Balaban J connectivity index is 2.63. The highest BCUT2D eigenvalue weighted by Crippen LogP contribution is 2.29. The number of alkyl halides is 3. The van der Waals surface area contributed by atoms with E-state index >= 15 is 0 Å². The molecule has 0 spiro atoms. The van der Waals surface area contributed by atoms with Crippen molar-refractivity contribution in [3.8, 4) is 0 Å². The minimum Gasteiger partial charge on any atom is -0.389 e. The molecule has 1 heterocycles. The third-order valence-electron chi connectivity index (χ3n) is 3.75. The van der Waals surface area contributed by atoms with Gasteiger partial charge in [0.15, 0.2) is 5.82 Å². The van der Waals surface area contributed by atoms with Crippen LogP contribution in [0.25, 0.3) is 11.0 Å². The molecule has 0 saturated carbocycles. The molecule has 2 amide bonds. The maximum absolute atomic E-state index is 12.9. The Kier molecular flexibility index (Phi) is 5.24. The summed E-state index contributed by atoms with van der Waals surface area (Å²) in [5.74, 6) is -2.98. The minimum atomic E-state index is -5.03. The molecular formula is C17H21F3N4O3. The first-order chi connectivity index (χ1) is 12.2. The lowest BCUT2D eigenvalue weighted by Crippen LogP contribution is -2.45. The molecule has 0 bridgehead atoms. The number of nitrogens with zero attached hydrogens (tertiary/aromatic N) is 3. The van der Waals surface area contributed by atoms with E-state index in [4.69, 9.17) is 5.73 Å². The molecule has 0 aliphatic heterocycles. The second-order valence-electron chi connectivity index (χ2n) is 7.14. The highest BCUT2D eigenvalue weighted by Gasteiger charge is 2.44. The van der Waals surface area contributed by atoms with Crippen molar-refractivity contribution < 1.29 is 27.9 Å². The molecule has 148 valence electrons. The molecule has 0 radical (unpaired) electrons. The van der Waals surface area contributed by atoms with Crippen molar-refractivity contribution in [1.29, 1.82) is 0 Å². The van der Waals surface area contributed by atoms with E-state index in [1.807, 2.05) is 0 Å². The van der Waals surface area contributed by atoms with Crippen LogP contribution in [0.3, 0.4) is 0 Å². The van der Waals surface area contributed by atoms with Gasteiger partial charge in [-0.3, -0.25) is 9.59 Å². The number of benzene rings is 1. The number of aliphatic hydroxyl groups is 1. The van der Waals surface area contributed by atoms with E-state index < -0.39 is 29.6 Å². The number of halogens is 3. The molecule has 7 nitrogen and oxygen atoms in total. The summed E-state index contributed by atoms with van der Waals surface area (Å²) in [5.41, 5.74) is 4.72. The van der Waals surface area contributed by atoms with E-state index in [0.29, 0.717) is 10.4 Å². The van der Waals surface area contributed by atoms with Gasteiger partial charge < -0.3 is 20.3 Å². The number of hydrogen-bond donors (Lipinski definition) is 2. The number of hydrogen-bond acceptors (Lipinski definition) is 4. The van der Waals surface area contributed by atoms with Crippen LogP contribution in [0.5, 0.6) is 0 Å². The van der Waals surface area contributed by atoms with Crippen LogP contribution in [-0.2, 0) is 11.3 Å². The zero-order valence-electron chi connectivity index (χ0n) is 15.3. The fourth-order valence-electron chi connectivity index (χ4n) is 2.79. The standard InChI is InChI=1S/C17H21F3N4O3/c1-9(2)24(15(26)17(18,19)20)10-5-6-12-11(7-10)22-14(13(21)25)23(12)8-16(3,4)27/h5-7,9,27H,8H2,1-4H3,(H2,21,25). The van der Waals surface area contributed by atoms with Gasteiger partial charge in [0.25, 0.3) is 5.91 Å². The summed E-state index contributed by atoms with van der Waals surface area (Å²) in [6.07, 6.45) is -5.03. The monoisotopic (exact) mass is 386 g/mol. The van der Waals surface area contributed by atoms with E-state index in [1.165, 1.54) is 50.5 Å². The van der Waals surface area contributed by atoms with Crippen molar-refractivity contribution in [2.24, 2.45) is 5.73 Å². The molecule has 10 heteroatoms. The van der Waals surface area contributed by atoms with Crippen molar-refractivity contribution in [2.45, 2.75) is 52.1 Å². The maximum atomic E-state index is 12.9. The van der Waals surface area contributed by atoms with Crippen LogP contribution in [0.4, 0.5) is 18.9 Å². The van der Waals surface area contributed by atoms with Gasteiger partial charge in [0, 0.05) is 11.7 Å². The topological polar surface area (TPSA) is 101 Å². The molecule has 0 aliphatic rings. The number of aromatic nitrogens is 2. The summed E-state index contributed by atoms with van der Waals surface area (Å²) in [6, 6.07) is 3.30. The second kappa shape index (κ2) is 6.84. The number of carbonyl (C=O) groups excluding carboxylic acids is 2. The van der Waals surface area contributed by atoms with E-state index in [0.717, 1.165) is 0 Å². The number of nitrogens with two attached hydrogens (primary N) is 1. The van der Waals surface area contributed by atoms with E-state index in [1.54, 1.807) is 0 Å². The maximum Gasteiger partial charge on any atom is 0.471 e. The molecular weight excluding hydrogens is 365 g/mol. The lowest BCUT2D eigenvalue weighted by atomic mass is 10.1. The quantitative estimate of drug-likeness (QED) is 0.823. The molecule has 27 heavy (non-hydrogen) atoms. The van der Waals surface area contributed by atoms with Crippen LogP contribution in [0.2, 0.25) is 0 Å². The molecule has 1 aromatic carbocycles. The Morgan fingerprint density at radius 2 is 1.89 bits per heavy atom. The Morgan fingerprint density at radius 1 is 1.30 bits per heavy atom. The SMILES string of the molecule is CC(C)N(C(=O)C(F)(F)F)c1ccc2c(c1)nc(C(N)=O)n2CC(C)(C)O. The Morgan fingerprint density at radius 3 is 2.33 bits per heavy atom. The van der Waals surface area contributed by atoms with Gasteiger partial charge in [-0.15, -0.1) is 0 Å². The van der Waals surface area contributed by atoms with Gasteiger partial charge in [0.1, 0.15) is 0 Å². The fraction of sp³-hybridized carbons (Fsp3) is 0.471. The molecule has 3 N–H and O–H groups in total. The first kappa shape index (κ1) is 20.7. The lowest BCUT2D eigenvalue weighted by Gasteiger charge is -2.27. The normalized spacial score (nSPS) is 12.6. The van der Waals surface area contributed by atoms with Crippen LogP contribution in [0.15, 0.2) is 18.2 Å². The minimum absolute atomic E-state index is 0.00348. The average molecular weight is 386 g/mol. The van der Waals surface area contributed by atoms with Crippen molar-refractivity contribution in [1.82, 2.24) is 9.55 Å². The molecule has 0 fully saturated rings. The van der Waals surface area contributed by atoms with Gasteiger partial charge in [-0.25, -0.2) is 4.98 Å². The number of anilines is 1. The molecule has 1 aromatic heterocycles. The van der Waals surface area contributed by atoms with Gasteiger partial charge in [-0.05, 0) is 45.9 Å². The van der Waals surface area contributed by atoms with Crippen LogP contribution >= 0.6 is 0 Å². The van der Waals surface area contributed by atoms with Gasteiger partial charge in [0.05, 0.1) is 23.2 Å². The number of carbonyl (C=O) groups is 2. The van der Waals surface area contributed by atoms with Gasteiger partial charge in [0.2, 0.25) is 0 Å². The van der Waals surface area contributed by atoms with Crippen molar-refractivity contribution in [3.63, 3.8) is 0 Å². The Bertz CT molecular complexity index is 882. The van der Waals surface area contributed by atoms with Crippen LogP contribution in [0, 0.1) is 0 Å². The molecule has 2 rings (SSSR count). The summed E-state index contributed by atoms with van der Waals surface area (Å²) in [7, 11) is 0. The summed E-state index contributed by atoms with van der Waals surface area (Å²) in [5, 5.41) is 10.1. The molecule has 0 saturated heterocycles. The third kappa shape index (κ3) is 4.38. The summed E-state index contributed by atoms with van der Waals surface area (Å²) < 4.78 is 40.2. The van der Waals surface area contributed by atoms with Crippen molar-refractivity contribution in [2.75, 3.05) is 4.90 Å². The number of amides is 2. The number of imidazole rings is 1. The van der Waals surface area contributed by atoms with Crippen LogP contribution in [0.1, 0.15) is 38.3 Å². The number of primary amides is 1. The zero-order chi connectivity index (χ0) is 20.7. The van der Waals surface area contributed by atoms with Crippen molar-refractivity contribution in [3.05, 3.63) is 24.0 Å². The van der Waals surface area contributed by atoms with E-state index in [2.05, 4.69) is 4.98 Å². The smallest absolute Gasteiger partial charge is 0.389 e. The van der Waals surface area contributed by atoms with E-state index in [-0.39, 0.29) is 23.6 Å². The summed E-state index contributed by atoms with van der Waals surface area (Å²) in [4.78, 5) is 28.2. The van der Waals surface area contributed by atoms with Crippen molar-refractivity contribution >= 4 is 28.5 Å². The largest absolute Gasteiger partial charge is 0.471 e. The lowest BCUT2D eigenvalue weighted by molar-refractivity contribution is -0.170. The number of rotatable bonds is 5.